The first-order valence-corrected chi connectivity index (χ1v) is 7.35. The van der Waals surface area contributed by atoms with Gasteiger partial charge in [0.25, 0.3) is 0 Å². The van der Waals surface area contributed by atoms with Crippen LogP contribution in [0.25, 0.3) is 0 Å². The summed E-state index contributed by atoms with van der Waals surface area (Å²) in [5.41, 5.74) is 6.12. The Hall–Kier alpha value is -0.0600. The first-order chi connectivity index (χ1) is 9.02. The largest absolute Gasteiger partial charge is 0.391 e. The summed E-state index contributed by atoms with van der Waals surface area (Å²) in [5.74, 6) is -0.519. The fraction of sp³-hybridized carbons (Fsp3) is 0.571. The molecule has 0 radical (unpaired) electrons. The summed E-state index contributed by atoms with van der Waals surface area (Å²) in [7, 11) is 0. The van der Waals surface area contributed by atoms with Crippen molar-refractivity contribution in [2.45, 2.75) is 44.2 Å². The third-order valence-corrected chi connectivity index (χ3v) is 4.54. The van der Waals surface area contributed by atoms with Crippen molar-refractivity contribution in [1.29, 1.82) is 0 Å². The maximum absolute atomic E-state index is 14.0. The van der Waals surface area contributed by atoms with E-state index in [-0.39, 0.29) is 33.9 Å². The van der Waals surface area contributed by atoms with Gasteiger partial charge in [0.1, 0.15) is 5.82 Å². The number of benzene rings is 1. The van der Waals surface area contributed by atoms with Gasteiger partial charge in [-0.25, -0.2) is 4.39 Å². The fourth-order valence-electron chi connectivity index (χ4n) is 2.79. The Kier molecular flexibility index (Phi) is 7.02. The number of hydrogen-bond acceptors (Lipinski definition) is 2. The van der Waals surface area contributed by atoms with Gasteiger partial charge in [-0.3, -0.25) is 0 Å². The van der Waals surface area contributed by atoms with Crippen molar-refractivity contribution < 1.29 is 9.50 Å². The van der Waals surface area contributed by atoms with E-state index in [1.165, 1.54) is 18.6 Å². The second kappa shape index (κ2) is 7.81. The van der Waals surface area contributed by atoms with Crippen molar-refractivity contribution in [2.24, 2.45) is 11.7 Å². The molecule has 2 rings (SSSR count). The molecule has 1 saturated carbocycles. The predicted octanol–water partition coefficient (Wildman–Crippen LogP) is 4.50. The highest BCUT2D eigenvalue weighted by molar-refractivity contribution is 6.33. The first-order valence-electron chi connectivity index (χ1n) is 6.59. The van der Waals surface area contributed by atoms with E-state index in [1.807, 2.05) is 0 Å². The van der Waals surface area contributed by atoms with Gasteiger partial charge in [0.05, 0.1) is 17.2 Å². The van der Waals surface area contributed by atoms with E-state index >= 15 is 0 Å². The highest BCUT2D eigenvalue weighted by Crippen LogP contribution is 2.36. The summed E-state index contributed by atoms with van der Waals surface area (Å²) in [6.45, 7) is 0. The van der Waals surface area contributed by atoms with Gasteiger partial charge < -0.3 is 10.8 Å². The lowest BCUT2D eigenvalue weighted by Gasteiger charge is -2.31. The Morgan fingerprint density at radius 3 is 2.30 bits per heavy atom. The molecule has 1 aromatic rings. The third kappa shape index (κ3) is 3.77. The lowest BCUT2D eigenvalue weighted by molar-refractivity contribution is 0.0608. The molecular weight excluding hydrogens is 324 g/mol. The van der Waals surface area contributed by atoms with Gasteiger partial charge in [0, 0.05) is 10.6 Å². The Bertz CT molecular complexity index is 452. The molecule has 0 saturated heterocycles. The smallest absolute Gasteiger partial charge is 0.148 e. The second-order valence-electron chi connectivity index (χ2n) is 5.17. The summed E-state index contributed by atoms with van der Waals surface area (Å²) in [4.78, 5) is 0. The maximum atomic E-state index is 14.0. The van der Waals surface area contributed by atoms with Crippen LogP contribution in [-0.2, 0) is 0 Å². The van der Waals surface area contributed by atoms with E-state index in [2.05, 4.69) is 0 Å². The minimum absolute atomic E-state index is 0. The van der Waals surface area contributed by atoms with E-state index in [0.29, 0.717) is 0 Å². The van der Waals surface area contributed by atoms with Gasteiger partial charge in [-0.2, -0.15) is 0 Å². The normalized spacial score (nSPS) is 19.2. The molecule has 3 N–H and O–H groups in total. The second-order valence-corrected chi connectivity index (χ2v) is 5.99. The zero-order valence-electron chi connectivity index (χ0n) is 11.0. The number of aliphatic hydroxyl groups is 1. The Morgan fingerprint density at radius 1 is 1.15 bits per heavy atom. The Balaban J connectivity index is 0.00000200. The van der Waals surface area contributed by atoms with Gasteiger partial charge in [-0.05, 0) is 30.9 Å². The molecule has 20 heavy (non-hydrogen) atoms. The van der Waals surface area contributed by atoms with Gasteiger partial charge >= 0.3 is 0 Å². The Labute approximate surface area is 134 Å². The third-order valence-electron chi connectivity index (χ3n) is 3.91. The van der Waals surface area contributed by atoms with Crippen LogP contribution in [0.4, 0.5) is 4.39 Å². The molecule has 2 atom stereocenters. The van der Waals surface area contributed by atoms with E-state index in [9.17, 15) is 9.50 Å². The molecule has 1 aromatic carbocycles. The number of nitrogens with two attached hydrogens (primary N) is 1. The summed E-state index contributed by atoms with van der Waals surface area (Å²) >= 11 is 11.7. The SMILES string of the molecule is Cl.N[C@@H](c1c(Cl)ccc(Cl)c1F)[C@H](O)C1CCCCC1. The predicted molar refractivity (Wildman–Crippen MR) is 83.2 cm³/mol. The van der Waals surface area contributed by atoms with Crippen molar-refractivity contribution >= 4 is 35.6 Å². The molecular formula is C14H19Cl3FNO. The van der Waals surface area contributed by atoms with E-state index in [1.54, 1.807) is 0 Å². The van der Waals surface area contributed by atoms with Crippen LogP contribution in [0.2, 0.25) is 10.0 Å². The topological polar surface area (TPSA) is 46.2 Å². The van der Waals surface area contributed by atoms with E-state index < -0.39 is 18.0 Å². The van der Waals surface area contributed by atoms with Crippen LogP contribution in [0.15, 0.2) is 12.1 Å². The molecule has 2 nitrogen and oxygen atoms in total. The van der Waals surface area contributed by atoms with Crippen LogP contribution in [0.3, 0.4) is 0 Å². The molecule has 0 bridgehead atoms. The molecule has 114 valence electrons. The van der Waals surface area contributed by atoms with Crippen LogP contribution in [-0.4, -0.2) is 11.2 Å². The fourth-order valence-corrected chi connectivity index (χ4v) is 3.22. The molecule has 0 amide bonds. The first kappa shape index (κ1) is 18.0. The number of aliphatic hydroxyl groups excluding tert-OH is 1. The molecule has 0 spiro atoms. The zero-order chi connectivity index (χ0) is 14.0. The number of rotatable bonds is 3. The standard InChI is InChI=1S/C14H18Cl2FNO.ClH/c15-9-6-7-10(16)12(17)11(9)13(18)14(19)8-4-2-1-3-5-8;/h6-8,13-14,19H,1-5,18H2;1H/t13-,14+;/m0./s1. The number of hydrogen-bond donors (Lipinski definition) is 2. The van der Waals surface area contributed by atoms with Crippen molar-refractivity contribution in [2.75, 3.05) is 0 Å². The summed E-state index contributed by atoms with van der Waals surface area (Å²) in [5, 5.41) is 10.5. The highest BCUT2D eigenvalue weighted by atomic mass is 35.5. The van der Waals surface area contributed by atoms with Gasteiger partial charge in [-0.15, -0.1) is 12.4 Å². The molecule has 1 fully saturated rings. The van der Waals surface area contributed by atoms with E-state index in [0.717, 1.165) is 25.7 Å². The maximum Gasteiger partial charge on any atom is 0.148 e. The highest BCUT2D eigenvalue weighted by Gasteiger charge is 2.31. The monoisotopic (exact) mass is 341 g/mol. The molecule has 6 heteroatoms. The lowest BCUT2D eigenvalue weighted by Crippen LogP contribution is -2.35. The van der Waals surface area contributed by atoms with Gasteiger partial charge in [-0.1, -0.05) is 42.5 Å². The Morgan fingerprint density at radius 2 is 1.70 bits per heavy atom. The van der Waals surface area contributed by atoms with Crippen LogP contribution in [0.1, 0.15) is 43.7 Å². The van der Waals surface area contributed by atoms with Crippen molar-refractivity contribution in [3.63, 3.8) is 0 Å². The molecule has 0 heterocycles. The lowest BCUT2D eigenvalue weighted by atomic mass is 9.81. The minimum Gasteiger partial charge on any atom is -0.391 e. The summed E-state index contributed by atoms with van der Waals surface area (Å²) in [6.07, 6.45) is 4.42. The molecule has 1 aliphatic rings. The minimum atomic E-state index is -0.839. The molecule has 0 aromatic heterocycles. The van der Waals surface area contributed by atoms with Gasteiger partial charge in [0.15, 0.2) is 0 Å². The van der Waals surface area contributed by atoms with Crippen molar-refractivity contribution in [3.8, 4) is 0 Å². The van der Waals surface area contributed by atoms with Crippen molar-refractivity contribution in [1.82, 2.24) is 0 Å². The summed E-state index contributed by atoms with van der Waals surface area (Å²) < 4.78 is 14.0. The van der Waals surface area contributed by atoms with Crippen molar-refractivity contribution in [3.05, 3.63) is 33.6 Å². The van der Waals surface area contributed by atoms with Crippen LogP contribution in [0.5, 0.6) is 0 Å². The van der Waals surface area contributed by atoms with Gasteiger partial charge in [0.2, 0.25) is 0 Å². The quantitative estimate of drug-likeness (QED) is 0.795. The average Bonchev–Trinajstić information content (AvgIpc) is 2.43. The molecule has 0 unspecified atom stereocenters. The molecule has 0 aliphatic heterocycles. The summed E-state index contributed by atoms with van der Waals surface area (Å²) in [6, 6.07) is 2.06. The van der Waals surface area contributed by atoms with Crippen LogP contribution < -0.4 is 5.73 Å². The van der Waals surface area contributed by atoms with E-state index in [4.69, 9.17) is 28.9 Å². The average molecular weight is 343 g/mol. The molecule has 1 aliphatic carbocycles. The van der Waals surface area contributed by atoms with Crippen LogP contribution in [0, 0.1) is 11.7 Å². The number of halogens is 4. The van der Waals surface area contributed by atoms with Crippen LogP contribution >= 0.6 is 35.6 Å². The zero-order valence-corrected chi connectivity index (χ0v) is 13.3.